The number of nitrogens with one attached hydrogen (secondary N) is 2. The van der Waals surface area contributed by atoms with E-state index in [2.05, 4.69) is 10.6 Å². The van der Waals surface area contributed by atoms with E-state index in [9.17, 15) is 14.4 Å². The minimum absolute atomic E-state index is 0.135. The Labute approximate surface area is 160 Å². The molecule has 3 aliphatic heterocycles. The largest absolute Gasteiger partial charge is 0.454 e. The molecule has 3 amide bonds. The van der Waals surface area contributed by atoms with E-state index < -0.39 is 6.04 Å². The molecule has 0 aliphatic carbocycles. The fraction of sp³-hybridized carbons (Fsp3) is 0.250. The number of hydrogen-bond acceptors (Lipinski definition) is 5. The van der Waals surface area contributed by atoms with Crippen molar-refractivity contribution in [2.24, 2.45) is 0 Å². The third-order valence-corrected chi connectivity index (χ3v) is 5.22. The summed E-state index contributed by atoms with van der Waals surface area (Å²) >= 11 is 0. The van der Waals surface area contributed by atoms with Crippen molar-refractivity contribution >= 4 is 29.1 Å². The molecule has 2 N–H and O–H groups in total. The highest BCUT2D eigenvalue weighted by Gasteiger charge is 2.38. The zero-order valence-electron chi connectivity index (χ0n) is 14.9. The molecule has 0 radical (unpaired) electrons. The number of nitrogens with zero attached hydrogens (tertiary/aromatic N) is 1. The van der Waals surface area contributed by atoms with Crippen LogP contribution in [0.4, 0.5) is 11.4 Å². The highest BCUT2D eigenvalue weighted by molar-refractivity contribution is 6.11. The zero-order valence-corrected chi connectivity index (χ0v) is 14.9. The van der Waals surface area contributed by atoms with Crippen molar-refractivity contribution in [2.75, 3.05) is 24.0 Å². The van der Waals surface area contributed by atoms with Gasteiger partial charge in [-0.25, -0.2) is 0 Å². The van der Waals surface area contributed by atoms with Gasteiger partial charge in [0.05, 0.1) is 11.3 Å². The molecule has 28 heavy (non-hydrogen) atoms. The van der Waals surface area contributed by atoms with Crippen LogP contribution in [0.15, 0.2) is 36.4 Å². The smallest absolute Gasteiger partial charge is 0.256 e. The van der Waals surface area contributed by atoms with Crippen molar-refractivity contribution in [1.29, 1.82) is 0 Å². The lowest BCUT2D eigenvalue weighted by atomic mass is 10.1. The number of anilines is 2. The Hall–Kier alpha value is -3.55. The molecule has 3 aliphatic rings. The number of amides is 3. The normalized spacial score (nSPS) is 19.6. The van der Waals surface area contributed by atoms with Crippen LogP contribution in [0.25, 0.3) is 0 Å². The molecular weight excluding hydrogens is 362 g/mol. The van der Waals surface area contributed by atoms with Crippen molar-refractivity contribution in [3.05, 3.63) is 47.5 Å². The Morgan fingerprint density at radius 1 is 1.11 bits per heavy atom. The second-order valence-electron chi connectivity index (χ2n) is 6.93. The van der Waals surface area contributed by atoms with E-state index in [1.807, 2.05) is 0 Å². The third kappa shape index (κ3) is 2.65. The van der Waals surface area contributed by atoms with Crippen LogP contribution < -0.4 is 20.1 Å². The first-order valence-corrected chi connectivity index (χ1v) is 9.07. The van der Waals surface area contributed by atoms with E-state index in [1.165, 1.54) is 0 Å². The van der Waals surface area contributed by atoms with Gasteiger partial charge in [0.2, 0.25) is 12.7 Å². The van der Waals surface area contributed by atoms with Gasteiger partial charge < -0.3 is 25.0 Å². The van der Waals surface area contributed by atoms with E-state index >= 15 is 0 Å². The Morgan fingerprint density at radius 2 is 1.96 bits per heavy atom. The summed E-state index contributed by atoms with van der Waals surface area (Å²) in [6, 6.07) is 9.42. The first-order chi connectivity index (χ1) is 13.6. The van der Waals surface area contributed by atoms with E-state index in [4.69, 9.17) is 9.47 Å². The third-order valence-electron chi connectivity index (χ3n) is 5.22. The molecule has 0 unspecified atom stereocenters. The van der Waals surface area contributed by atoms with Crippen molar-refractivity contribution in [3.63, 3.8) is 0 Å². The fourth-order valence-corrected chi connectivity index (χ4v) is 3.80. The molecule has 1 saturated heterocycles. The van der Waals surface area contributed by atoms with E-state index in [1.54, 1.807) is 41.3 Å². The van der Waals surface area contributed by atoms with Gasteiger partial charge in [0.1, 0.15) is 6.04 Å². The summed E-state index contributed by atoms with van der Waals surface area (Å²) in [5.74, 6) is 0.426. The first-order valence-electron chi connectivity index (χ1n) is 9.07. The molecule has 1 fully saturated rings. The quantitative estimate of drug-likeness (QED) is 0.834. The van der Waals surface area contributed by atoms with Crippen molar-refractivity contribution in [1.82, 2.24) is 4.90 Å². The lowest BCUT2D eigenvalue weighted by Crippen LogP contribution is -2.40. The minimum atomic E-state index is -0.424. The summed E-state index contributed by atoms with van der Waals surface area (Å²) in [5, 5.41) is 5.61. The second-order valence-corrected chi connectivity index (χ2v) is 6.93. The van der Waals surface area contributed by atoms with Gasteiger partial charge in [-0.05, 0) is 49.2 Å². The Morgan fingerprint density at radius 3 is 2.86 bits per heavy atom. The van der Waals surface area contributed by atoms with Gasteiger partial charge >= 0.3 is 0 Å². The molecule has 8 heteroatoms. The summed E-state index contributed by atoms with van der Waals surface area (Å²) in [6.07, 6.45) is 1.47. The molecule has 1 atom stereocenters. The van der Waals surface area contributed by atoms with Gasteiger partial charge in [-0.3, -0.25) is 14.4 Å². The molecule has 2 aromatic carbocycles. The summed E-state index contributed by atoms with van der Waals surface area (Å²) in [4.78, 5) is 39.4. The monoisotopic (exact) mass is 379 g/mol. The van der Waals surface area contributed by atoms with Crippen LogP contribution in [-0.4, -0.2) is 42.0 Å². The van der Waals surface area contributed by atoms with Crippen molar-refractivity contribution in [2.45, 2.75) is 18.9 Å². The maximum atomic E-state index is 12.9. The van der Waals surface area contributed by atoms with Crippen LogP contribution >= 0.6 is 0 Å². The van der Waals surface area contributed by atoms with Gasteiger partial charge in [-0.1, -0.05) is 0 Å². The lowest BCUT2D eigenvalue weighted by molar-refractivity contribution is -0.119. The molecule has 142 valence electrons. The Balaban J connectivity index is 1.42. The van der Waals surface area contributed by atoms with Crippen LogP contribution in [0, 0.1) is 0 Å². The van der Waals surface area contributed by atoms with Crippen molar-refractivity contribution in [3.8, 4) is 11.5 Å². The topological polar surface area (TPSA) is 97.0 Å². The summed E-state index contributed by atoms with van der Waals surface area (Å²) < 4.78 is 10.5. The lowest BCUT2D eigenvalue weighted by Gasteiger charge is -2.20. The summed E-state index contributed by atoms with van der Waals surface area (Å²) in [7, 11) is 0. The maximum absolute atomic E-state index is 12.9. The molecule has 0 saturated carbocycles. The van der Waals surface area contributed by atoms with Crippen LogP contribution in [-0.2, 0) is 4.79 Å². The number of ether oxygens (including phenoxy) is 2. The second kappa shape index (κ2) is 6.26. The molecule has 0 aromatic heterocycles. The van der Waals surface area contributed by atoms with Crippen molar-refractivity contribution < 1.29 is 23.9 Å². The zero-order chi connectivity index (χ0) is 19.3. The number of rotatable bonds is 2. The number of benzene rings is 2. The molecule has 0 spiro atoms. The SMILES string of the molecule is O=C(Nc1ccc2c(c1)C(=O)N1CCC[C@@H]1C(=O)N2)c1ccc2c(c1)OCO2. The number of carbonyl (C=O) groups is 3. The Kier molecular flexibility index (Phi) is 3.71. The van der Waals surface area contributed by atoms with E-state index in [0.717, 1.165) is 6.42 Å². The minimum Gasteiger partial charge on any atom is -0.454 e. The van der Waals surface area contributed by atoms with Crippen LogP contribution in [0.3, 0.4) is 0 Å². The van der Waals surface area contributed by atoms with Crippen LogP contribution in [0.5, 0.6) is 11.5 Å². The van der Waals surface area contributed by atoms with E-state index in [0.29, 0.717) is 47.0 Å². The highest BCUT2D eigenvalue weighted by atomic mass is 16.7. The molecule has 5 rings (SSSR count). The average molecular weight is 379 g/mol. The van der Waals surface area contributed by atoms with Gasteiger partial charge in [0.15, 0.2) is 11.5 Å². The predicted octanol–water partition coefficient (Wildman–Crippen LogP) is 2.22. The summed E-state index contributed by atoms with van der Waals surface area (Å²) in [6.45, 7) is 0.695. The number of carbonyl (C=O) groups excluding carboxylic acids is 3. The van der Waals surface area contributed by atoms with Crippen LogP contribution in [0.2, 0.25) is 0 Å². The Bertz CT molecular complexity index is 1020. The molecule has 2 aromatic rings. The van der Waals surface area contributed by atoms with Gasteiger partial charge in [-0.2, -0.15) is 0 Å². The van der Waals surface area contributed by atoms with Crippen LogP contribution in [0.1, 0.15) is 33.6 Å². The average Bonchev–Trinajstić information content (AvgIpc) is 3.35. The molecule has 0 bridgehead atoms. The van der Waals surface area contributed by atoms with Gasteiger partial charge in [0.25, 0.3) is 11.8 Å². The number of fused-ring (bicyclic) bond motifs is 3. The van der Waals surface area contributed by atoms with E-state index in [-0.39, 0.29) is 24.5 Å². The molecule has 8 nitrogen and oxygen atoms in total. The molecule has 3 heterocycles. The maximum Gasteiger partial charge on any atom is 0.256 e. The number of hydrogen-bond donors (Lipinski definition) is 2. The first kappa shape index (κ1) is 16.6. The molecular formula is C20H17N3O5. The van der Waals surface area contributed by atoms with Gasteiger partial charge in [-0.15, -0.1) is 0 Å². The standard InChI is InChI=1S/C20H17N3O5/c24-18(11-3-6-16-17(8-11)28-10-27-16)21-12-4-5-14-13(9-12)20(26)23-7-1-2-15(23)19(25)22-14/h3-6,8-9,15H,1-2,7,10H2,(H,21,24)(H,22,25)/t15-/m1/s1. The van der Waals surface area contributed by atoms with Gasteiger partial charge in [0, 0.05) is 17.8 Å². The fourth-order valence-electron chi connectivity index (χ4n) is 3.80. The predicted molar refractivity (Wildman–Crippen MR) is 99.6 cm³/mol. The summed E-state index contributed by atoms with van der Waals surface area (Å²) in [5.41, 5.74) is 1.73. The highest BCUT2D eigenvalue weighted by Crippen LogP contribution is 2.33.